The summed E-state index contributed by atoms with van der Waals surface area (Å²) in [4.78, 5) is 9.42. The van der Waals surface area contributed by atoms with E-state index in [4.69, 9.17) is 0 Å². The first kappa shape index (κ1) is 16.6. The maximum absolute atomic E-state index is 4.56. The van der Waals surface area contributed by atoms with Gasteiger partial charge in [-0.1, -0.05) is 42.5 Å². The standard InChI is InChI=1S/C18H28N4/c1-3-19-18(20-4-2)22-15-13-21(14-16-22)12-8-11-17-9-6-5-7-10-17/h5-11H,3-4,12-16H2,1-2H3,(H,19,20)/b11-8+. The summed E-state index contributed by atoms with van der Waals surface area (Å²) in [5.41, 5.74) is 1.27. The van der Waals surface area contributed by atoms with Crippen LogP contribution in [0.1, 0.15) is 19.4 Å². The zero-order valence-corrected chi connectivity index (χ0v) is 13.8. The average molecular weight is 300 g/mol. The van der Waals surface area contributed by atoms with Crippen LogP contribution in [0, 0.1) is 0 Å². The SMILES string of the molecule is CCN=C(NCC)N1CCN(C/C=C/c2ccccc2)CC1. The van der Waals surface area contributed by atoms with E-state index in [2.05, 4.69) is 76.4 Å². The molecule has 0 saturated carbocycles. The van der Waals surface area contributed by atoms with Crippen LogP contribution in [0.5, 0.6) is 0 Å². The molecule has 2 rings (SSSR count). The van der Waals surface area contributed by atoms with Gasteiger partial charge in [-0.05, 0) is 19.4 Å². The first-order valence-corrected chi connectivity index (χ1v) is 8.30. The normalized spacial score (nSPS) is 17.2. The van der Waals surface area contributed by atoms with Crippen LogP contribution >= 0.6 is 0 Å². The van der Waals surface area contributed by atoms with Crippen LogP contribution in [0.4, 0.5) is 0 Å². The first-order chi connectivity index (χ1) is 10.8. The molecule has 0 amide bonds. The Labute approximate surface area is 134 Å². The molecule has 120 valence electrons. The highest BCUT2D eigenvalue weighted by atomic mass is 15.3. The Morgan fingerprint density at radius 1 is 1.14 bits per heavy atom. The number of benzene rings is 1. The summed E-state index contributed by atoms with van der Waals surface area (Å²) in [6.07, 6.45) is 4.46. The molecule has 0 atom stereocenters. The molecule has 0 unspecified atom stereocenters. The Hall–Kier alpha value is -1.81. The summed E-state index contributed by atoms with van der Waals surface area (Å²) in [7, 11) is 0. The molecule has 1 N–H and O–H groups in total. The van der Waals surface area contributed by atoms with Gasteiger partial charge in [0.1, 0.15) is 0 Å². The second kappa shape index (κ2) is 9.26. The highest BCUT2D eigenvalue weighted by Crippen LogP contribution is 2.05. The number of hydrogen-bond acceptors (Lipinski definition) is 2. The van der Waals surface area contributed by atoms with Crippen molar-refractivity contribution >= 4 is 12.0 Å². The summed E-state index contributed by atoms with van der Waals surface area (Å²) in [6, 6.07) is 10.5. The van der Waals surface area contributed by atoms with Gasteiger partial charge in [0, 0.05) is 45.8 Å². The molecular formula is C18H28N4. The van der Waals surface area contributed by atoms with Crippen LogP contribution in [0.15, 0.2) is 41.4 Å². The number of guanidine groups is 1. The van der Waals surface area contributed by atoms with E-state index in [1.807, 2.05) is 0 Å². The van der Waals surface area contributed by atoms with E-state index in [1.165, 1.54) is 5.56 Å². The summed E-state index contributed by atoms with van der Waals surface area (Å²) in [6.45, 7) is 11.3. The molecule has 4 heteroatoms. The number of aliphatic imine (C=N–C) groups is 1. The summed E-state index contributed by atoms with van der Waals surface area (Å²) in [5.74, 6) is 1.06. The van der Waals surface area contributed by atoms with E-state index in [9.17, 15) is 0 Å². The molecule has 1 heterocycles. The second-order valence-electron chi connectivity index (χ2n) is 5.43. The molecule has 0 aromatic heterocycles. The highest BCUT2D eigenvalue weighted by molar-refractivity contribution is 5.80. The monoisotopic (exact) mass is 300 g/mol. The van der Waals surface area contributed by atoms with Crippen LogP contribution < -0.4 is 5.32 Å². The third-order valence-electron chi connectivity index (χ3n) is 3.79. The lowest BCUT2D eigenvalue weighted by Crippen LogP contribution is -2.52. The molecule has 1 fully saturated rings. The quantitative estimate of drug-likeness (QED) is 0.669. The van der Waals surface area contributed by atoms with Crippen molar-refractivity contribution in [2.45, 2.75) is 13.8 Å². The second-order valence-corrected chi connectivity index (χ2v) is 5.43. The molecule has 0 radical (unpaired) electrons. The number of nitrogens with one attached hydrogen (secondary N) is 1. The number of piperazine rings is 1. The summed E-state index contributed by atoms with van der Waals surface area (Å²) < 4.78 is 0. The van der Waals surface area contributed by atoms with Gasteiger partial charge >= 0.3 is 0 Å². The topological polar surface area (TPSA) is 30.9 Å². The van der Waals surface area contributed by atoms with Gasteiger partial charge in [0.25, 0.3) is 0 Å². The Kier molecular flexibility index (Phi) is 6.97. The number of hydrogen-bond donors (Lipinski definition) is 1. The number of nitrogens with zero attached hydrogens (tertiary/aromatic N) is 3. The van der Waals surface area contributed by atoms with E-state index in [0.29, 0.717) is 0 Å². The van der Waals surface area contributed by atoms with Gasteiger partial charge in [-0.15, -0.1) is 0 Å². The Bertz CT molecular complexity index is 473. The lowest BCUT2D eigenvalue weighted by Gasteiger charge is -2.36. The van der Waals surface area contributed by atoms with E-state index < -0.39 is 0 Å². The zero-order chi connectivity index (χ0) is 15.6. The highest BCUT2D eigenvalue weighted by Gasteiger charge is 2.18. The van der Waals surface area contributed by atoms with Crippen molar-refractivity contribution in [2.24, 2.45) is 4.99 Å². The van der Waals surface area contributed by atoms with Gasteiger partial charge in [-0.25, -0.2) is 0 Å². The minimum Gasteiger partial charge on any atom is -0.357 e. The molecule has 0 aliphatic carbocycles. The Morgan fingerprint density at radius 3 is 2.50 bits per heavy atom. The predicted octanol–water partition coefficient (Wildman–Crippen LogP) is 2.30. The van der Waals surface area contributed by atoms with E-state index in [1.54, 1.807) is 0 Å². The van der Waals surface area contributed by atoms with Crippen molar-refractivity contribution in [3.63, 3.8) is 0 Å². The van der Waals surface area contributed by atoms with Gasteiger partial charge in [0.15, 0.2) is 5.96 Å². The van der Waals surface area contributed by atoms with Crippen LogP contribution in [-0.2, 0) is 0 Å². The van der Waals surface area contributed by atoms with Gasteiger partial charge in [0.05, 0.1) is 0 Å². The molecule has 0 bridgehead atoms. The maximum atomic E-state index is 4.56. The smallest absolute Gasteiger partial charge is 0.193 e. The van der Waals surface area contributed by atoms with E-state index in [-0.39, 0.29) is 0 Å². The number of rotatable bonds is 5. The Morgan fingerprint density at radius 2 is 1.86 bits per heavy atom. The van der Waals surface area contributed by atoms with Gasteiger partial charge in [0.2, 0.25) is 0 Å². The summed E-state index contributed by atoms with van der Waals surface area (Å²) >= 11 is 0. The van der Waals surface area contributed by atoms with Crippen LogP contribution in [0.25, 0.3) is 6.08 Å². The van der Waals surface area contributed by atoms with Gasteiger partial charge in [-0.3, -0.25) is 9.89 Å². The molecule has 0 spiro atoms. The molecule has 1 saturated heterocycles. The van der Waals surface area contributed by atoms with Crippen molar-refractivity contribution < 1.29 is 0 Å². The van der Waals surface area contributed by atoms with Crippen LogP contribution in [0.2, 0.25) is 0 Å². The van der Waals surface area contributed by atoms with Crippen molar-refractivity contribution in [1.82, 2.24) is 15.1 Å². The van der Waals surface area contributed by atoms with Gasteiger partial charge < -0.3 is 10.2 Å². The fourth-order valence-electron chi connectivity index (χ4n) is 2.62. The fraction of sp³-hybridized carbons (Fsp3) is 0.500. The zero-order valence-electron chi connectivity index (χ0n) is 13.8. The van der Waals surface area contributed by atoms with Crippen molar-refractivity contribution in [3.8, 4) is 0 Å². The molecular weight excluding hydrogens is 272 g/mol. The minimum atomic E-state index is 0.836. The van der Waals surface area contributed by atoms with Crippen molar-refractivity contribution in [3.05, 3.63) is 42.0 Å². The molecule has 22 heavy (non-hydrogen) atoms. The van der Waals surface area contributed by atoms with Gasteiger partial charge in [-0.2, -0.15) is 0 Å². The molecule has 4 nitrogen and oxygen atoms in total. The van der Waals surface area contributed by atoms with Crippen molar-refractivity contribution in [2.75, 3.05) is 45.8 Å². The maximum Gasteiger partial charge on any atom is 0.193 e. The molecule has 1 aromatic rings. The molecule has 1 aliphatic heterocycles. The third-order valence-corrected chi connectivity index (χ3v) is 3.79. The van der Waals surface area contributed by atoms with E-state index >= 15 is 0 Å². The third kappa shape index (κ3) is 5.19. The first-order valence-electron chi connectivity index (χ1n) is 8.30. The molecule has 1 aliphatic rings. The average Bonchev–Trinajstić information content (AvgIpc) is 2.56. The lowest BCUT2D eigenvalue weighted by molar-refractivity contribution is 0.194. The predicted molar refractivity (Wildman–Crippen MR) is 95.1 cm³/mol. The van der Waals surface area contributed by atoms with Crippen molar-refractivity contribution in [1.29, 1.82) is 0 Å². The largest absolute Gasteiger partial charge is 0.357 e. The molecule has 1 aromatic carbocycles. The minimum absolute atomic E-state index is 0.836. The lowest BCUT2D eigenvalue weighted by atomic mass is 10.2. The van der Waals surface area contributed by atoms with E-state index in [0.717, 1.165) is 51.8 Å². The fourth-order valence-corrected chi connectivity index (χ4v) is 2.62. The summed E-state index contributed by atoms with van der Waals surface area (Å²) in [5, 5.41) is 3.38. The Balaban J connectivity index is 1.77. The van der Waals surface area contributed by atoms with Crippen LogP contribution in [0.3, 0.4) is 0 Å². The van der Waals surface area contributed by atoms with Crippen LogP contribution in [-0.4, -0.2) is 61.6 Å².